The molecule has 0 bridgehead atoms. The summed E-state index contributed by atoms with van der Waals surface area (Å²) in [5, 5.41) is 0. The van der Waals surface area contributed by atoms with Gasteiger partial charge in [-0.1, -0.05) is 28.1 Å². The summed E-state index contributed by atoms with van der Waals surface area (Å²) >= 11 is 3.49. The fraction of sp³-hybridized carbons (Fsp3) is 0.571. The minimum atomic E-state index is 0.797. The predicted molar refractivity (Wildman–Crippen MR) is 72.2 cm³/mol. The van der Waals surface area contributed by atoms with Gasteiger partial charge >= 0.3 is 0 Å². The van der Waals surface area contributed by atoms with Gasteiger partial charge in [-0.3, -0.25) is 4.90 Å². The number of morpholine rings is 1. The standard InChI is InChI=1S/C14H18BrNO/c15-13-3-1-11(2-4-13)14-9-12(14)10-16-5-7-17-8-6-16/h1-4,12,14H,5-10H2/t12?,14-/m0/s1. The lowest BCUT2D eigenvalue weighted by Gasteiger charge is -2.26. The van der Waals surface area contributed by atoms with Crippen molar-refractivity contribution in [2.75, 3.05) is 32.8 Å². The van der Waals surface area contributed by atoms with E-state index >= 15 is 0 Å². The third-order valence-electron chi connectivity index (χ3n) is 3.82. The highest BCUT2D eigenvalue weighted by molar-refractivity contribution is 9.10. The number of hydrogen-bond acceptors (Lipinski definition) is 2. The maximum absolute atomic E-state index is 5.38. The maximum Gasteiger partial charge on any atom is 0.0594 e. The molecule has 1 aliphatic heterocycles. The van der Waals surface area contributed by atoms with E-state index in [0.717, 1.165) is 38.1 Å². The Morgan fingerprint density at radius 2 is 1.88 bits per heavy atom. The normalized spacial score (nSPS) is 29.2. The van der Waals surface area contributed by atoms with Crippen molar-refractivity contribution in [2.45, 2.75) is 12.3 Å². The summed E-state index contributed by atoms with van der Waals surface area (Å²) in [5.74, 6) is 1.67. The number of hydrogen-bond donors (Lipinski definition) is 0. The molecule has 2 atom stereocenters. The molecule has 0 radical (unpaired) electrons. The average Bonchev–Trinajstić information content (AvgIpc) is 3.11. The molecule has 1 unspecified atom stereocenters. The van der Waals surface area contributed by atoms with Crippen molar-refractivity contribution >= 4 is 15.9 Å². The molecule has 2 fully saturated rings. The van der Waals surface area contributed by atoms with Crippen LogP contribution in [0.1, 0.15) is 17.9 Å². The smallest absolute Gasteiger partial charge is 0.0594 e. The van der Waals surface area contributed by atoms with E-state index in [1.165, 1.54) is 23.0 Å². The first kappa shape index (κ1) is 11.7. The van der Waals surface area contributed by atoms with Crippen LogP contribution >= 0.6 is 15.9 Å². The molecule has 1 heterocycles. The Morgan fingerprint density at radius 3 is 2.59 bits per heavy atom. The van der Waals surface area contributed by atoms with Gasteiger partial charge in [0.1, 0.15) is 0 Å². The monoisotopic (exact) mass is 295 g/mol. The molecule has 1 saturated heterocycles. The molecule has 0 N–H and O–H groups in total. The number of benzene rings is 1. The molecule has 3 heteroatoms. The Bertz CT molecular complexity index is 372. The Hall–Kier alpha value is -0.380. The third kappa shape index (κ3) is 2.90. The number of halogens is 1. The Kier molecular flexibility index (Phi) is 3.50. The minimum Gasteiger partial charge on any atom is -0.379 e. The van der Waals surface area contributed by atoms with E-state index in [0.29, 0.717) is 0 Å². The van der Waals surface area contributed by atoms with Gasteiger partial charge in [-0.2, -0.15) is 0 Å². The van der Waals surface area contributed by atoms with E-state index in [4.69, 9.17) is 4.74 Å². The highest BCUT2D eigenvalue weighted by Gasteiger charge is 2.39. The number of nitrogens with zero attached hydrogens (tertiary/aromatic N) is 1. The fourth-order valence-electron chi connectivity index (χ4n) is 2.68. The van der Waals surface area contributed by atoms with Gasteiger partial charge in [0.2, 0.25) is 0 Å². The van der Waals surface area contributed by atoms with Crippen LogP contribution in [0.15, 0.2) is 28.7 Å². The van der Waals surface area contributed by atoms with Crippen LogP contribution in [0.25, 0.3) is 0 Å². The lowest BCUT2D eigenvalue weighted by Crippen LogP contribution is -2.37. The largest absolute Gasteiger partial charge is 0.379 e. The van der Waals surface area contributed by atoms with Crippen molar-refractivity contribution in [1.29, 1.82) is 0 Å². The fourth-order valence-corrected chi connectivity index (χ4v) is 2.95. The highest BCUT2D eigenvalue weighted by Crippen LogP contribution is 2.47. The van der Waals surface area contributed by atoms with Gasteiger partial charge in [0.25, 0.3) is 0 Å². The lowest BCUT2D eigenvalue weighted by atomic mass is 10.1. The molecule has 2 nitrogen and oxygen atoms in total. The molecule has 0 amide bonds. The van der Waals surface area contributed by atoms with E-state index in [1.807, 2.05) is 0 Å². The molecule has 1 saturated carbocycles. The summed E-state index contributed by atoms with van der Waals surface area (Å²) in [6.07, 6.45) is 1.36. The van der Waals surface area contributed by atoms with Crippen LogP contribution in [0.5, 0.6) is 0 Å². The number of rotatable bonds is 3. The quantitative estimate of drug-likeness (QED) is 0.850. The zero-order valence-electron chi connectivity index (χ0n) is 9.94. The average molecular weight is 296 g/mol. The molecule has 0 spiro atoms. The Balaban J connectivity index is 1.53. The van der Waals surface area contributed by atoms with Crippen LogP contribution in [0.2, 0.25) is 0 Å². The van der Waals surface area contributed by atoms with Crippen LogP contribution in [-0.2, 0) is 4.74 Å². The summed E-state index contributed by atoms with van der Waals surface area (Å²) < 4.78 is 6.55. The molecule has 1 aliphatic carbocycles. The molecule has 2 aliphatic rings. The Labute approximate surface area is 111 Å². The van der Waals surface area contributed by atoms with Crippen LogP contribution in [0.4, 0.5) is 0 Å². The first-order valence-corrected chi connectivity index (χ1v) is 7.18. The van der Waals surface area contributed by atoms with E-state index < -0.39 is 0 Å². The summed E-state index contributed by atoms with van der Waals surface area (Å²) in [6.45, 7) is 5.31. The van der Waals surface area contributed by atoms with Crippen molar-refractivity contribution in [3.63, 3.8) is 0 Å². The van der Waals surface area contributed by atoms with Crippen LogP contribution in [0, 0.1) is 5.92 Å². The second-order valence-corrected chi connectivity index (χ2v) is 5.98. The van der Waals surface area contributed by atoms with Crippen molar-refractivity contribution < 1.29 is 4.74 Å². The highest BCUT2D eigenvalue weighted by atomic mass is 79.9. The van der Waals surface area contributed by atoms with E-state index in [2.05, 4.69) is 45.1 Å². The van der Waals surface area contributed by atoms with E-state index in [1.54, 1.807) is 0 Å². The molecular weight excluding hydrogens is 278 g/mol. The van der Waals surface area contributed by atoms with Crippen LogP contribution in [0.3, 0.4) is 0 Å². The predicted octanol–water partition coefficient (Wildman–Crippen LogP) is 2.88. The molecule has 1 aromatic carbocycles. The molecule has 3 rings (SSSR count). The van der Waals surface area contributed by atoms with Crippen LogP contribution in [-0.4, -0.2) is 37.7 Å². The maximum atomic E-state index is 5.38. The zero-order chi connectivity index (χ0) is 11.7. The van der Waals surface area contributed by atoms with Crippen molar-refractivity contribution in [3.8, 4) is 0 Å². The molecule has 17 heavy (non-hydrogen) atoms. The summed E-state index contributed by atoms with van der Waals surface area (Å²) in [6, 6.07) is 8.82. The number of ether oxygens (including phenoxy) is 1. The zero-order valence-corrected chi connectivity index (χ0v) is 11.5. The minimum absolute atomic E-state index is 0.797. The first-order valence-electron chi connectivity index (χ1n) is 6.38. The van der Waals surface area contributed by atoms with Gasteiger partial charge in [0.15, 0.2) is 0 Å². The summed E-state index contributed by atoms with van der Waals surface area (Å²) in [7, 11) is 0. The van der Waals surface area contributed by atoms with Gasteiger partial charge in [-0.05, 0) is 36.0 Å². The second-order valence-electron chi connectivity index (χ2n) is 5.07. The van der Waals surface area contributed by atoms with Crippen molar-refractivity contribution in [3.05, 3.63) is 34.3 Å². The first-order chi connectivity index (χ1) is 8.33. The SMILES string of the molecule is Brc1ccc([C@@H]2CC2CN2CCOCC2)cc1. The van der Waals surface area contributed by atoms with Crippen molar-refractivity contribution in [2.24, 2.45) is 5.92 Å². The molecule has 0 aromatic heterocycles. The van der Waals surface area contributed by atoms with Gasteiger partial charge in [-0.25, -0.2) is 0 Å². The second kappa shape index (κ2) is 5.09. The third-order valence-corrected chi connectivity index (χ3v) is 4.35. The van der Waals surface area contributed by atoms with Gasteiger partial charge < -0.3 is 4.74 Å². The van der Waals surface area contributed by atoms with Gasteiger partial charge in [0.05, 0.1) is 13.2 Å². The van der Waals surface area contributed by atoms with Crippen molar-refractivity contribution in [1.82, 2.24) is 4.90 Å². The van der Waals surface area contributed by atoms with Gasteiger partial charge in [0, 0.05) is 24.1 Å². The van der Waals surface area contributed by atoms with E-state index in [-0.39, 0.29) is 0 Å². The lowest BCUT2D eigenvalue weighted by molar-refractivity contribution is 0.0355. The molecule has 1 aromatic rings. The summed E-state index contributed by atoms with van der Waals surface area (Å²) in [5.41, 5.74) is 1.51. The van der Waals surface area contributed by atoms with Crippen LogP contribution < -0.4 is 0 Å². The Morgan fingerprint density at radius 1 is 1.18 bits per heavy atom. The topological polar surface area (TPSA) is 12.5 Å². The molecule has 92 valence electrons. The van der Waals surface area contributed by atoms with E-state index in [9.17, 15) is 0 Å². The summed E-state index contributed by atoms with van der Waals surface area (Å²) in [4.78, 5) is 2.55. The molecular formula is C14H18BrNO. The van der Waals surface area contributed by atoms with Gasteiger partial charge in [-0.15, -0.1) is 0 Å².